The lowest BCUT2D eigenvalue weighted by Crippen LogP contribution is -2.37. The van der Waals surface area contributed by atoms with Crippen LogP contribution in [0.4, 0.5) is 0 Å². The lowest BCUT2D eigenvalue weighted by Gasteiger charge is -2.15. The first-order valence-corrected chi connectivity index (χ1v) is 13.1. The van der Waals surface area contributed by atoms with Crippen LogP contribution in [0, 0.1) is 23.7 Å². The van der Waals surface area contributed by atoms with Gasteiger partial charge in [-0.2, -0.15) is 0 Å². The summed E-state index contributed by atoms with van der Waals surface area (Å²) in [7, 11) is 0. The van der Waals surface area contributed by atoms with Gasteiger partial charge < -0.3 is 10.4 Å². The molecule has 2 N–H and O–H groups in total. The van der Waals surface area contributed by atoms with Gasteiger partial charge in [-0.1, -0.05) is 103 Å². The van der Waals surface area contributed by atoms with E-state index in [1.54, 1.807) is 0 Å². The van der Waals surface area contributed by atoms with Gasteiger partial charge in [-0.05, 0) is 37.5 Å². The molecular weight excluding hydrogens is 382 g/mol. The average molecular weight is 432 g/mol. The summed E-state index contributed by atoms with van der Waals surface area (Å²) in [4.78, 5) is 11.8. The molecule has 0 saturated carbocycles. The van der Waals surface area contributed by atoms with Gasteiger partial charge in [-0.25, -0.2) is 0 Å². The zero-order chi connectivity index (χ0) is 22.8. The molecule has 178 valence electrons. The van der Waals surface area contributed by atoms with Gasteiger partial charge in [0, 0.05) is 19.3 Å². The smallest absolute Gasteiger partial charge is 0.220 e. The molecule has 0 heterocycles. The fourth-order valence-electron chi connectivity index (χ4n) is 3.62. The van der Waals surface area contributed by atoms with Crippen molar-refractivity contribution in [2.45, 2.75) is 142 Å². The van der Waals surface area contributed by atoms with E-state index < -0.39 is 0 Å². The summed E-state index contributed by atoms with van der Waals surface area (Å²) in [5.41, 5.74) is 0. The summed E-state index contributed by atoms with van der Waals surface area (Å²) >= 11 is 0. The number of carbonyl (C=O) groups excluding carboxylic acids is 1. The van der Waals surface area contributed by atoms with Crippen molar-refractivity contribution in [1.29, 1.82) is 0 Å². The van der Waals surface area contributed by atoms with Crippen LogP contribution in [0.15, 0.2) is 0 Å². The molecule has 0 rings (SSSR count). The highest BCUT2D eigenvalue weighted by Crippen LogP contribution is 2.10. The van der Waals surface area contributed by atoms with E-state index >= 15 is 0 Å². The van der Waals surface area contributed by atoms with E-state index in [0.29, 0.717) is 6.42 Å². The van der Waals surface area contributed by atoms with E-state index in [0.717, 1.165) is 44.9 Å². The van der Waals surface area contributed by atoms with E-state index in [4.69, 9.17) is 0 Å². The molecule has 0 bridgehead atoms. The Hall–Kier alpha value is -1.45. The molecule has 3 heteroatoms. The highest BCUT2D eigenvalue weighted by Gasteiger charge is 2.09. The quantitative estimate of drug-likeness (QED) is 0.162. The van der Waals surface area contributed by atoms with Crippen LogP contribution in [0.5, 0.6) is 0 Å². The molecule has 1 amide bonds. The van der Waals surface area contributed by atoms with Crippen molar-refractivity contribution in [1.82, 2.24) is 5.32 Å². The van der Waals surface area contributed by atoms with Crippen molar-refractivity contribution in [3.05, 3.63) is 0 Å². The molecule has 3 nitrogen and oxygen atoms in total. The second kappa shape index (κ2) is 24.8. The van der Waals surface area contributed by atoms with E-state index in [2.05, 4.69) is 42.8 Å². The van der Waals surface area contributed by atoms with Gasteiger partial charge in [0.1, 0.15) is 0 Å². The number of nitrogens with one attached hydrogen (secondary N) is 1. The number of hydrogen-bond donors (Lipinski definition) is 2. The first-order chi connectivity index (χ1) is 15.2. The zero-order valence-electron chi connectivity index (χ0n) is 20.6. The fourth-order valence-corrected chi connectivity index (χ4v) is 3.62. The van der Waals surface area contributed by atoms with Gasteiger partial charge in [-0.15, -0.1) is 0 Å². The third kappa shape index (κ3) is 23.0. The second-order valence-electron chi connectivity index (χ2n) is 8.69. The molecule has 1 atom stereocenters. The number of hydrogen-bond acceptors (Lipinski definition) is 2. The zero-order valence-corrected chi connectivity index (χ0v) is 20.6. The molecule has 0 fully saturated rings. The van der Waals surface area contributed by atoms with Crippen LogP contribution in [0.2, 0.25) is 0 Å². The molecule has 0 saturated heterocycles. The van der Waals surface area contributed by atoms with Crippen molar-refractivity contribution in [3.8, 4) is 23.7 Å². The molecule has 0 aromatic heterocycles. The summed E-state index contributed by atoms with van der Waals surface area (Å²) in [5.74, 6) is 12.4. The Kier molecular flexibility index (Phi) is 23.7. The summed E-state index contributed by atoms with van der Waals surface area (Å²) in [6, 6.07) is -0.0756. The first kappa shape index (κ1) is 29.5. The summed E-state index contributed by atoms with van der Waals surface area (Å²) in [6.07, 6.45) is 21.8. The highest BCUT2D eigenvalue weighted by atomic mass is 16.3. The summed E-state index contributed by atoms with van der Waals surface area (Å²) < 4.78 is 0. The van der Waals surface area contributed by atoms with E-state index in [1.165, 1.54) is 70.6 Å². The largest absolute Gasteiger partial charge is 0.394 e. The van der Waals surface area contributed by atoms with E-state index in [9.17, 15) is 9.90 Å². The number of aliphatic hydroxyl groups excluding tert-OH is 1. The number of unbranched alkanes of at least 4 members (excludes halogenated alkanes) is 14. The number of carbonyl (C=O) groups is 1. The van der Waals surface area contributed by atoms with Crippen molar-refractivity contribution in [2.75, 3.05) is 6.61 Å². The third-order valence-electron chi connectivity index (χ3n) is 5.57. The Balaban J connectivity index is 3.41. The molecule has 0 aromatic rings. The Bertz CT molecular complexity index is 521. The molecule has 0 aliphatic heterocycles. The second-order valence-corrected chi connectivity index (χ2v) is 8.69. The van der Waals surface area contributed by atoms with Gasteiger partial charge >= 0.3 is 0 Å². The predicted molar refractivity (Wildman–Crippen MR) is 134 cm³/mol. The van der Waals surface area contributed by atoms with Gasteiger partial charge in [0.05, 0.1) is 12.6 Å². The molecular formula is C28H49NO2. The van der Waals surface area contributed by atoms with Crippen LogP contribution < -0.4 is 5.32 Å². The van der Waals surface area contributed by atoms with Crippen LogP contribution in [-0.4, -0.2) is 23.7 Å². The van der Waals surface area contributed by atoms with Crippen molar-refractivity contribution >= 4 is 5.91 Å². The van der Waals surface area contributed by atoms with Crippen LogP contribution in [-0.2, 0) is 4.79 Å². The van der Waals surface area contributed by atoms with Gasteiger partial charge in [0.15, 0.2) is 0 Å². The van der Waals surface area contributed by atoms with Crippen molar-refractivity contribution in [2.24, 2.45) is 0 Å². The minimum atomic E-state index is -0.0756. The Morgan fingerprint density at radius 3 is 1.68 bits per heavy atom. The van der Waals surface area contributed by atoms with E-state index in [-0.39, 0.29) is 18.6 Å². The summed E-state index contributed by atoms with van der Waals surface area (Å²) in [6.45, 7) is 4.36. The minimum Gasteiger partial charge on any atom is -0.394 e. The van der Waals surface area contributed by atoms with Crippen LogP contribution in [0.25, 0.3) is 0 Å². The average Bonchev–Trinajstić information content (AvgIpc) is 2.77. The maximum Gasteiger partial charge on any atom is 0.220 e. The number of rotatable bonds is 20. The Morgan fingerprint density at radius 1 is 0.710 bits per heavy atom. The number of amides is 1. The summed E-state index contributed by atoms with van der Waals surface area (Å²) in [5, 5.41) is 12.1. The molecule has 0 radical (unpaired) electrons. The molecule has 0 aromatic carbocycles. The molecule has 0 spiro atoms. The molecule has 0 aliphatic carbocycles. The Labute approximate surface area is 193 Å². The number of aliphatic hydroxyl groups is 1. The molecule has 1 unspecified atom stereocenters. The standard InChI is InChI=1S/C28H49NO2/c1-3-5-6-7-8-9-10-11-12-13-14-15-16-17-18-19-20-21-22-23-25-28(31)29-27(26-30)24-4-2/h27,30H,3-12,17-26H2,1-2H3,(H,29,31). The van der Waals surface area contributed by atoms with Gasteiger partial charge in [-0.3, -0.25) is 4.79 Å². The topological polar surface area (TPSA) is 49.3 Å². The maximum absolute atomic E-state index is 11.8. The minimum absolute atomic E-state index is 0.0350. The maximum atomic E-state index is 11.8. The SMILES string of the molecule is CCCCCCCCCCC#CC#CCCCCCCCCC(=O)NC(CO)CCC. The van der Waals surface area contributed by atoms with Crippen molar-refractivity contribution in [3.63, 3.8) is 0 Å². The molecule has 0 aliphatic rings. The molecule has 31 heavy (non-hydrogen) atoms. The van der Waals surface area contributed by atoms with Crippen LogP contribution in [0.1, 0.15) is 136 Å². The van der Waals surface area contributed by atoms with Crippen LogP contribution in [0.3, 0.4) is 0 Å². The highest BCUT2D eigenvalue weighted by molar-refractivity contribution is 5.76. The van der Waals surface area contributed by atoms with Gasteiger partial charge in [0.25, 0.3) is 0 Å². The predicted octanol–water partition coefficient (Wildman–Crippen LogP) is 6.92. The van der Waals surface area contributed by atoms with E-state index in [1.807, 2.05) is 0 Å². The monoisotopic (exact) mass is 431 g/mol. The van der Waals surface area contributed by atoms with Crippen LogP contribution >= 0.6 is 0 Å². The van der Waals surface area contributed by atoms with Crippen molar-refractivity contribution < 1.29 is 9.90 Å². The van der Waals surface area contributed by atoms with Gasteiger partial charge in [0.2, 0.25) is 5.91 Å². The fraction of sp³-hybridized carbons (Fsp3) is 0.821. The lowest BCUT2D eigenvalue weighted by atomic mass is 10.1. The third-order valence-corrected chi connectivity index (χ3v) is 5.57. The Morgan fingerprint density at radius 2 is 1.19 bits per heavy atom. The first-order valence-electron chi connectivity index (χ1n) is 13.1. The normalized spacial score (nSPS) is 11.2. The lowest BCUT2D eigenvalue weighted by molar-refractivity contribution is -0.122.